The zero-order chi connectivity index (χ0) is 22.3. The molecule has 5 rings (SSSR count). The Bertz CT molecular complexity index is 1370. The second-order valence-corrected chi connectivity index (χ2v) is 9.81. The SMILES string of the molecule is CN1CCN(c2cccc(Nc3ncc4ccc(-c5cnn(S(C)(=O)=O)c5)n4n3)c2)CC1. The van der Waals surface area contributed by atoms with Crippen LogP contribution in [0.5, 0.6) is 0 Å². The largest absolute Gasteiger partial charge is 0.369 e. The first-order chi connectivity index (χ1) is 15.4. The van der Waals surface area contributed by atoms with Crippen LogP contribution in [0, 0.1) is 0 Å². The van der Waals surface area contributed by atoms with Gasteiger partial charge in [0.2, 0.25) is 5.95 Å². The number of fused-ring (bicyclic) bond motifs is 1. The van der Waals surface area contributed by atoms with Crippen molar-refractivity contribution in [3.05, 3.63) is 55.0 Å². The van der Waals surface area contributed by atoms with Gasteiger partial charge in [-0.3, -0.25) is 0 Å². The zero-order valence-corrected chi connectivity index (χ0v) is 18.7. The highest BCUT2D eigenvalue weighted by Crippen LogP contribution is 2.24. The second-order valence-electron chi connectivity index (χ2n) is 7.97. The molecule has 166 valence electrons. The van der Waals surface area contributed by atoms with Crippen LogP contribution in [0.1, 0.15) is 0 Å². The van der Waals surface area contributed by atoms with Gasteiger partial charge in [-0.25, -0.2) is 17.9 Å². The lowest BCUT2D eigenvalue weighted by molar-refractivity contribution is 0.313. The summed E-state index contributed by atoms with van der Waals surface area (Å²) in [7, 11) is -1.30. The van der Waals surface area contributed by atoms with Crippen LogP contribution in [0.4, 0.5) is 17.3 Å². The summed E-state index contributed by atoms with van der Waals surface area (Å²) in [4.78, 5) is 9.13. The number of aromatic nitrogens is 5. The van der Waals surface area contributed by atoms with Gasteiger partial charge in [0.1, 0.15) is 0 Å². The molecule has 0 unspecified atom stereocenters. The van der Waals surface area contributed by atoms with Crippen molar-refractivity contribution in [2.75, 3.05) is 49.7 Å². The molecule has 0 aliphatic carbocycles. The summed E-state index contributed by atoms with van der Waals surface area (Å²) in [5.74, 6) is 0.445. The fourth-order valence-corrected chi connectivity index (χ4v) is 4.29. The average Bonchev–Trinajstić information content (AvgIpc) is 3.41. The molecule has 1 N–H and O–H groups in total. The number of piperazine rings is 1. The Morgan fingerprint density at radius 2 is 1.84 bits per heavy atom. The van der Waals surface area contributed by atoms with Crippen molar-refractivity contribution in [2.45, 2.75) is 0 Å². The van der Waals surface area contributed by atoms with Crippen LogP contribution in [0.2, 0.25) is 0 Å². The van der Waals surface area contributed by atoms with E-state index in [4.69, 9.17) is 0 Å². The number of likely N-dealkylation sites (N-methyl/N-ethyl adjacent to an activating group) is 1. The monoisotopic (exact) mass is 452 g/mol. The lowest BCUT2D eigenvalue weighted by Gasteiger charge is -2.34. The Balaban J connectivity index is 1.42. The first-order valence-electron chi connectivity index (χ1n) is 10.3. The van der Waals surface area contributed by atoms with Crippen LogP contribution in [0.15, 0.2) is 55.0 Å². The quantitative estimate of drug-likeness (QED) is 0.490. The minimum Gasteiger partial charge on any atom is -0.369 e. The smallest absolute Gasteiger partial charge is 0.250 e. The lowest BCUT2D eigenvalue weighted by atomic mass is 10.2. The molecule has 10 nitrogen and oxygen atoms in total. The predicted octanol–water partition coefficient (Wildman–Crippen LogP) is 1.90. The van der Waals surface area contributed by atoms with E-state index in [0.29, 0.717) is 11.5 Å². The van der Waals surface area contributed by atoms with Crippen molar-refractivity contribution >= 4 is 32.9 Å². The molecule has 1 saturated heterocycles. The van der Waals surface area contributed by atoms with Gasteiger partial charge in [-0.1, -0.05) is 6.07 Å². The number of rotatable bonds is 5. The van der Waals surface area contributed by atoms with Gasteiger partial charge < -0.3 is 15.1 Å². The number of nitrogens with zero attached hydrogens (tertiary/aromatic N) is 7. The highest BCUT2D eigenvalue weighted by Gasteiger charge is 2.15. The van der Waals surface area contributed by atoms with Gasteiger partial charge in [-0.05, 0) is 37.4 Å². The molecule has 11 heteroatoms. The number of hydrogen-bond acceptors (Lipinski definition) is 8. The van der Waals surface area contributed by atoms with Crippen molar-refractivity contribution in [1.82, 2.24) is 28.7 Å². The highest BCUT2D eigenvalue weighted by molar-refractivity contribution is 7.89. The van der Waals surface area contributed by atoms with E-state index in [1.807, 2.05) is 24.3 Å². The Labute approximate surface area is 186 Å². The maximum Gasteiger partial charge on any atom is 0.250 e. The Morgan fingerprint density at radius 3 is 2.59 bits per heavy atom. The van der Waals surface area contributed by atoms with Gasteiger partial charge >= 0.3 is 0 Å². The Kier molecular flexibility index (Phi) is 5.06. The van der Waals surface area contributed by atoms with Crippen LogP contribution in [-0.2, 0) is 10.0 Å². The van der Waals surface area contributed by atoms with E-state index in [1.165, 1.54) is 18.1 Å². The van der Waals surface area contributed by atoms with Crippen molar-refractivity contribution in [3.63, 3.8) is 0 Å². The predicted molar refractivity (Wildman–Crippen MR) is 124 cm³/mol. The lowest BCUT2D eigenvalue weighted by Crippen LogP contribution is -2.44. The summed E-state index contributed by atoms with van der Waals surface area (Å²) in [6, 6.07) is 12.0. The molecule has 1 aliphatic rings. The summed E-state index contributed by atoms with van der Waals surface area (Å²) in [6.45, 7) is 4.08. The van der Waals surface area contributed by atoms with Crippen LogP contribution < -0.4 is 10.2 Å². The molecule has 4 aromatic rings. The van der Waals surface area contributed by atoms with E-state index >= 15 is 0 Å². The Morgan fingerprint density at radius 1 is 1.03 bits per heavy atom. The molecule has 1 aliphatic heterocycles. The first kappa shape index (κ1) is 20.5. The second kappa shape index (κ2) is 7.92. The standard InChI is InChI=1S/C21H24N8O2S/c1-26-8-10-27(11-9-26)18-5-3-4-17(12-18)24-21-22-14-19-6-7-20(29(19)25-21)16-13-23-28(15-16)32(2,30)31/h3-7,12-15H,8-11H2,1-2H3,(H,24,25). The fourth-order valence-electron chi connectivity index (χ4n) is 3.77. The van der Waals surface area contributed by atoms with Crippen LogP contribution in [0.25, 0.3) is 16.8 Å². The molecular formula is C21H24N8O2S. The number of hydrogen-bond donors (Lipinski definition) is 1. The van der Waals surface area contributed by atoms with E-state index in [9.17, 15) is 8.42 Å². The molecule has 1 aromatic carbocycles. The molecule has 0 bridgehead atoms. The van der Waals surface area contributed by atoms with Crippen molar-refractivity contribution in [1.29, 1.82) is 0 Å². The number of anilines is 3. The summed E-state index contributed by atoms with van der Waals surface area (Å²) >= 11 is 0. The molecule has 32 heavy (non-hydrogen) atoms. The third-order valence-electron chi connectivity index (χ3n) is 5.56. The van der Waals surface area contributed by atoms with Crippen molar-refractivity contribution in [3.8, 4) is 11.3 Å². The van der Waals surface area contributed by atoms with Crippen molar-refractivity contribution in [2.24, 2.45) is 0 Å². The molecular weight excluding hydrogens is 428 g/mol. The van der Waals surface area contributed by atoms with Gasteiger partial charge in [-0.2, -0.15) is 9.19 Å². The topological polar surface area (TPSA) is 101 Å². The summed E-state index contributed by atoms with van der Waals surface area (Å²) < 4.78 is 26.2. The molecule has 3 aromatic heterocycles. The fraction of sp³-hybridized carbons (Fsp3) is 0.286. The number of benzene rings is 1. The third kappa shape index (κ3) is 4.04. The summed E-state index contributed by atoms with van der Waals surface area (Å²) in [5.41, 5.74) is 4.24. The first-order valence-corrected chi connectivity index (χ1v) is 12.1. The van der Waals surface area contributed by atoms with E-state index in [1.54, 1.807) is 10.7 Å². The minimum absolute atomic E-state index is 0.445. The molecule has 0 spiro atoms. The van der Waals surface area contributed by atoms with E-state index in [0.717, 1.165) is 53.4 Å². The van der Waals surface area contributed by atoms with Gasteiger partial charge in [-0.15, -0.1) is 5.10 Å². The molecule has 0 amide bonds. The minimum atomic E-state index is -3.45. The zero-order valence-electron chi connectivity index (χ0n) is 17.9. The maximum absolute atomic E-state index is 11.7. The molecule has 0 saturated carbocycles. The highest BCUT2D eigenvalue weighted by atomic mass is 32.2. The van der Waals surface area contributed by atoms with Gasteiger partial charge in [0, 0.05) is 43.1 Å². The van der Waals surface area contributed by atoms with Crippen LogP contribution in [0.3, 0.4) is 0 Å². The Hall–Kier alpha value is -3.44. The van der Waals surface area contributed by atoms with E-state index in [-0.39, 0.29) is 0 Å². The van der Waals surface area contributed by atoms with Crippen molar-refractivity contribution < 1.29 is 8.42 Å². The summed E-state index contributed by atoms with van der Waals surface area (Å²) in [5, 5.41) is 11.9. The van der Waals surface area contributed by atoms with E-state index in [2.05, 4.69) is 49.5 Å². The van der Waals surface area contributed by atoms with Gasteiger partial charge in [0.05, 0.1) is 36.1 Å². The third-order valence-corrected chi connectivity index (χ3v) is 6.44. The number of nitrogens with one attached hydrogen (secondary N) is 1. The maximum atomic E-state index is 11.7. The van der Waals surface area contributed by atoms with Gasteiger partial charge in [0.15, 0.2) is 0 Å². The van der Waals surface area contributed by atoms with Crippen LogP contribution >= 0.6 is 0 Å². The molecule has 0 atom stereocenters. The van der Waals surface area contributed by atoms with E-state index < -0.39 is 10.0 Å². The van der Waals surface area contributed by atoms with Gasteiger partial charge in [0.25, 0.3) is 10.0 Å². The normalized spacial score (nSPS) is 15.4. The molecule has 1 fully saturated rings. The van der Waals surface area contributed by atoms with Crippen LogP contribution in [-0.4, -0.2) is 76.6 Å². The summed E-state index contributed by atoms with van der Waals surface area (Å²) in [6.07, 6.45) is 5.83. The molecule has 4 heterocycles. The average molecular weight is 453 g/mol. The molecule has 0 radical (unpaired) electrons.